The Morgan fingerprint density at radius 3 is 2.47 bits per heavy atom. The number of halogens is 2. The van der Waals surface area contributed by atoms with Gasteiger partial charge in [0.15, 0.2) is 11.5 Å². The van der Waals surface area contributed by atoms with Crippen LogP contribution >= 0.6 is 23.2 Å². The van der Waals surface area contributed by atoms with Crippen molar-refractivity contribution in [2.45, 2.75) is 18.7 Å². The number of non-ortho nitro benzene ring substituents is 1. The zero-order chi connectivity index (χ0) is 24.0. The molecule has 2 atom stereocenters. The topological polar surface area (TPSA) is 86.4 Å². The summed E-state index contributed by atoms with van der Waals surface area (Å²) in [5.41, 5.74) is 3.24. The summed E-state index contributed by atoms with van der Waals surface area (Å²) in [4.78, 5) is 10.7. The summed E-state index contributed by atoms with van der Waals surface area (Å²) in [7, 11) is 3.17. The largest absolute Gasteiger partial charge is 0.493 e. The zero-order valence-corrected chi connectivity index (χ0v) is 19.7. The van der Waals surface area contributed by atoms with Gasteiger partial charge in [-0.3, -0.25) is 10.1 Å². The van der Waals surface area contributed by atoms with Crippen molar-refractivity contribution in [3.63, 3.8) is 0 Å². The van der Waals surface area contributed by atoms with Crippen molar-refractivity contribution in [2.24, 2.45) is 5.10 Å². The number of nitrogens with zero attached hydrogens (tertiary/aromatic N) is 3. The van der Waals surface area contributed by atoms with Crippen LogP contribution in [-0.2, 0) is 0 Å². The molecule has 2 aliphatic heterocycles. The summed E-state index contributed by atoms with van der Waals surface area (Å²) in [5, 5.41) is 18.7. The van der Waals surface area contributed by atoms with Crippen molar-refractivity contribution in [3.05, 3.63) is 91.4 Å². The highest BCUT2D eigenvalue weighted by atomic mass is 35.5. The SMILES string of the molecule is COc1ccc(C2=NN3[C@@H](c4ccc([N+](=O)[O-])cc4)Oc4c(Cl)cc(Cl)cc4[C@@H]3C2)cc1OC. The number of ether oxygens (including phenoxy) is 3. The second kappa shape index (κ2) is 8.70. The average molecular weight is 500 g/mol. The van der Waals surface area contributed by atoms with Crippen LogP contribution in [0, 0.1) is 10.1 Å². The molecule has 0 amide bonds. The number of nitro benzene ring substituents is 1. The fourth-order valence-corrected chi connectivity index (χ4v) is 4.84. The summed E-state index contributed by atoms with van der Waals surface area (Å²) >= 11 is 12.8. The van der Waals surface area contributed by atoms with E-state index in [2.05, 4.69) is 0 Å². The molecule has 0 radical (unpaired) electrons. The zero-order valence-electron chi connectivity index (χ0n) is 18.2. The van der Waals surface area contributed by atoms with Crippen molar-refractivity contribution >= 4 is 34.6 Å². The van der Waals surface area contributed by atoms with Gasteiger partial charge in [0.05, 0.1) is 35.9 Å². The molecule has 0 unspecified atom stereocenters. The molecule has 0 spiro atoms. The Bertz CT molecular complexity index is 1310. The first kappa shape index (κ1) is 22.3. The molecule has 174 valence electrons. The van der Waals surface area contributed by atoms with Crippen molar-refractivity contribution in [2.75, 3.05) is 14.2 Å². The van der Waals surface area contributed by atoms with Gasteiger partial charge in [0.2, 0.25) is 6.23 Å². The van der Waals surface area contributed by atoms with Crippen molar-refractivity contribution in [1.29, 1.82) is 0 Å². The molecule has 34 heavy (non-hydrogen) atoms. The molecule has 10 heteroatoms. The number of hydrogen-bond acceptors (Lipinski definition) is 7. The van der Waals surface area contributed by atoms with E-state index in [4.69, 9.17) is 42.5 Å². The second-order valence-corrected chi connectivity index (χ2v) is 8.68. The number of rotatable bonds is 5. The first-order valence-corrected chi connectivity index (χ1v) is 11.1. The van der Waals surface area contributed by atoms with Gasteiger partial charge in [-0.15, -0.1) is 0 Å². The number of nitro groups is 1. The van der Waals surface area contributed by atoms with Crippen LogP contribution in [0.5, 0.6) is 17.2 Å². The van der Waals surface area contributed by atoms with E-state index in [9.17, 15) is 10.1 Å². The van der Waals surface area contributed by atoms with Crippen LogP contribution in [-0.4, -0.2) is 29.9 Å². The third kappa shape index (κ3) is 3.78. The molecule has 8 nitrogen and oxygen atoms in total. The molecule has 2 aliphatic rings. The fraction of sp³-hybridized carbons (Fsp3) is 0.208. The van der Waals surface area contributed by atoms with Gasteiger partial charge in [-0.1, -0.05) is 23.2 Å². The Labute approximate surface area is 205 Å². The average Bonchev–Trinajstić information content (AvgIpc) is 3.29. The van der Waals surface area contributed by atoms with Crippen LogP contribution in [0.25, 0.3) is 0 Å². The maximum absolute atomic E-state index is 11.1. The molecule has 0 bridgehead atoms. The van der Waals surface area contributed by atoms with Crippen LogP contribution < -0.4 is 14.2 Å². The lowest BCUT2D eigenvalue weighted by atomic mass is 9.95. The molecule has 0 saturated heterocycles. The molecule has 0 aliphatic carbocycles. The molecule has 0 fully saturated rings. The van der Waals surface area contributed by atoms with Gasteiger partial charge in [0, 0.05) is 40.3 Å². The van der Waals surface area contributed by atoms with E-state index < -0.39 is 11.2 Å². The molecule has 2 heterocycles. The number of benzene rings is 3. The van der Waals surface area contributed by atoms with E-state index in [0.717, 1.165) is 16.8 Å². The predicted molar refractivity (Wildman–Crippen MR) is 128 cm³/mol. The number of hydrazone groups is 1. The van der Waals surface area contributed by atoms with Gasteiger partial charge in [-0.05, 0) is 42.5 Å². The Kier molecular flexibility index (Phi) is 5.71. The minimum absolute atomic E-state index is 0.00253. The third-order valence-electron chi connectivity index (χ3n) is 5.91. The highest BCUT2D eigenvalue weighted by Gasteiger charge is 2.42. The highest BCUT2D eigenvalue weighted by molar-refractivity contribution is 6.35. The van der Waals surface area contributed by atoms with E-state index in [1.807, 2.05) is 29.3 Å². The molecule has 3 aromatic carbocycles. The van der Waals surface area contributed by atoms with Crippen LogP contribution in [0.1, 0.15) is 35.4 Å². The molecule has 5 rings (SSSR count). The van der Waals surface area contributed by atoms with Crippen LogP contribution in [0.4, 0.5) is 5.69 Å². The smallest absolute Gasteiger partial charge is 0.269 e. The number of hydrogen-bond donors (Lipinski definition) is 0. The Hall–Kier alpha value is -3.49. The lowest BCUT2D eigenvalue weighted by Gasteiger charge is -2.38. The summed E-state index contributed by atoms with van der Waals surface area (Å²) in [5.74, 6) is 1.75. The van der Waals surface area contributed by atoms with E-state index in [1.165, 1.54) is 12.1 Å². The summed E-state index contributed by atoms with van der Waals surface area (Å²) in [6.07, 6.45) is -0.0546. The highest BCUT2D eigenvalue weighted by Crippen LogP contribution is 2.51. The van der Waals surface area contributed by atoms with Crippen LogP contribution in [0.2, 0.25) is 10.0 Å². The van der Waals surface area contributed by atoms with Gasteiger partial charge in [0.1, 0.15) is 5.75 Å². The third-order valence-corrected chi connectivity index (χ3v) is 6.41. The minimum Gasteiger partial charge on any atom is -0.493 e. The van der Waals surface area contributed by atoms with E-state index >= 15 is 0 Å². The van der Waals surface area contributed by atoms with E-state index in [0.29, 0.717) is 39.3 Å². The van der Waals surface area contributed by atoms with Gasteiger partial charge < -0.3 is 14.2 Å². The van der Waals surface area contributed by atoms with Crippen molar-refractivity contribution in [1.82, 2.24) is 5.01 Å². The molecule has 0 aromatic heterocycles. The van der Waals surface area contributed by atoms with Crippen LogP contribution in [0.15, 0.2) is 59.7 Å². The maximum Gasteiger partial charge on any atom is 0.269 e. The standard InChI is InChI=1S/C24H19Cl2N3O5/c1-32-21-8-5-14(9-22(21)33-2)19-12-20-17-10-15(25)11-18(26)23(17)34-24(28(20)27-19)13-3-6-16(7-4-13)29(30)31/h3-11,20,24H,12H2,1-2H3/t20-,24+/m0/s1. The van der Waals surface area contributed by atoms with Crippen molar-refractivity contribution < 1.29 is 19.1 Å². The minimum atomic E-state index is -0.630. The second-order valence-electron chi connectivity index (χ2n) is 7.84. The number of fused-ring (bicyclic) bond motifs is 3. The van der Waals surface area contributed by atoms with E-state index in [-0.39, 0.29) is 11.7 Å². The Morgan fingerprint density at radius 2 is 1.79 bits per heavy atom. The maximum atomic E-state index is 11.1. The first-order chi connectivity index (χ1) is 16.4. The molecule has 0 N–H and O–H groups in total. The Balaban J connectivity index is 1.59. The quantitative estimate of drug-likeness (QED) is 0.308. The number of methoxy groups -OCH3 is 2. The summed E-state index contributed by atoms with van der Waals surface area (Å²) in [6.45, 7) is 0. The van der Waals surface area contributed by atoms with Gasteiger partial charge >= 0.3 is 0 Å². The molecule has 0 saturated carbocycles. The first-order valence-electron chi connectivity index (χ1n) is 10.4. The molecular weight excluding hydrogens is 481 g/mol. The Morgan fingerprint density at radius 1 is 1.06 bits per heavy atom. The van der Waals surface area contributed by atoms with Gasteiger partial charge in [-0.25, -0.2) is 5.01 Å². The summed E-state index contributed by atoms with van der Waals surface area (Å²) in [6, 6.07) is 15.1. The molecule has 3 aromatic rings. The normalized spacial score (nSPS) is 18.5. The van der Waals surface area contributed by atoms with Crippen LogP contribution in [0.3, 0.4) is 0 Å². The summed E-state index contributed by atoms with van der Waals surface area (Å²) < 4.78 is 17.1. The molecular formula is C24H19Cl2N3O5. The van der Waals surface area contributed by atoms with Gasteiger partial charge in [-0.2, -0.15) is 5.10 Å². The predicted octanol–water partition coefficient (Wildman–Crippen LogP) is 6.16. The lowest BCUT2D eigenvalue weighted by Crippen LogP contribution is -2.33. The monoisotopic (exact) mass is 499 g/mol. The van der Waals surface area contributed by atoms with Gasteiger partial charge in [0.25, 0.3) is 5.69 Å². The lowest BCUT2D eigenvalue weighted by molar-refractivity contribution is -0.384. The van der Waals surface area contributed by atoms with Crippen molar-refractivity contribution in [3.8, 4) is 17.2 Å². The van der Waals surface area contributed by atoms with E-state index in [1.54, 1.807) is 32.4 Å². The fourth-order valence-electron chi connectivity index (χ4n) is 4.29.